The van der Waals surface area contributed by atoms with Crippen LogP contribution in [0.1, 0.15) is 61.2 Å². The van der Waals surface area contributed by atoms with Gasteiger partial charge in [0.15, 0.2) is 0 Å². The van der Waals surface area contributed by atoms with Gasteiger partial charge in [0.1, 0.15) is 0 Å². The Hall–Kier alpha value is -11.1. The Morgan fingerprint density at radius 3 is 0.686 bits per heavy atom. The fourth-order valence-electron chi connectivity index (χ4n) is 12.4. The van der Waals surface area contributed by atoms with Gasteiger partial charge < -0.3 is 9.13 Å². The molecule has 0 aliphatic carbocycles. The average molecular weight is 1450 g/mol. The molecule has 0 radical (unpaired) electrons. The summed E-state index contributed by atoms with van der Waals surface area (Å²) in [7, 11) is 0. The van der Waals surface area contributed by atoms with Gasteiger partial charge in [-0.05, 0) is 142 Å². The zero-order chi connectivity index (χ0) is 74.5. The summed E-state index contributed by atoms with van der Waals surface area (Å²) in [6.45, 7) is 0. The number of hydrogen-bond donors (Lipinski definition) is 0. The molecule has 2 heterocycles. The van der Waals surface area contributed by atoms with Crippen molar-refractivity contribution in [3.8, 4) is 79.1 Å². The molecule has 0 spiro atoms. The number of alkyl halides is 27. The molecule has 31 heteroatoms. The van der Waals surface area contributed by atoms with E-state index in [0.717, 1.165) is 94.1 Å². The summed E-state index contributed by atoms with van der Waals surface area (Å²) in [5, 5.41) is 21.2. The molecule has 0 saturated heterocycles. The molecule has 2 aromatic heterocycles. The van der Waals surface area contributed by atoms with Crippen molar-refractivity contribution in [2.45, 2.75) is 55.6 Å². The topological polar surface area (TPSA) is 57.4 Å². The monoisotopic (exact) mass is 1450 g/mol. The van der Waals surface area contributed by atoms with Crippen molar-refractivity contribution in [3.63, 3.8) is 0 Å². The van der Waals surface area contributed by atoms with Crippen molar-refractivity contribution in [3.05, 3.63) is 237 Å². The number of hydrogen-bond acceptors (Lipinski definition) is 2. The van der Waals surface area contributed by atoms with Gasteiger partial charge in [-0.15, -0.1) is 0 Å². The van der Waals surface area contributed by atoms with Gasteiger partial charge in [-0.3, -0.25) is 0 Å². The Balaban J connectivity index is 1.31. The molecule has 0 unspecified atom stereocenters. The van der Waals surface area contributed by atoms with Gasteiger partial charge in [0.05, 0.1) is 107 Å². The van der Waals surface area contributed by atoms with Crippen LogP contribution >= 0.6 is 0 Å². The van der Waals surface area contributed by atoms with Gasteiger partial charge in [-0.1, -0.05) is 78.9 Å². The lowest BCUT2D eigenvalue weighted by molar-refractivity contribution is -0.144. The highest BCUT2D eigenvalue weighted by Gasteiger charge is 2.44. The maximum atomic E-state index is 15.1. The second-order valence-corrected chi connectivity index (χ2v) is 23.0. The molecule has 0 saturated carbocycles. The highest BCUT2D eigenvalue weighted by atomic mass is 19.4. The van der Waals surface area contributed by atoms with Crippen molar-refractivity contribution in [1.82, 2.24) is 9.13 Å². The van der Waals surface area contributed by atoms with Gasteiger partial charge in [-0.25, -0.2) is 0 Å². The molecule has 12 rings (SSSR count). The summed E-state index contributed by atoms with van der Waals surface area (Å²) >= 11 is 0. The summed E-state index contributed by atoms with van der Waals surface area (Å²) in [5.41, 5.74) is -30.0. The fourth-order valence-corrected chi connectivity index (χ4v) is 12.4. The predicted octanol–water partition coefficient (Wildman–Crippen LogP) is 25.1. The predicted molar refractivity (Wildman–Crippen MR) is 317 cm³/mol. The van der Waals surface area contributed by atoms with Crippen LogP contribution in [-0.4, -0.2) is 9.13 Å². The molecule has 0 fully saturated rings. The first-order valence-electron chi connectivity index (χ1n) is 28.7. The number of nitriles is 2. The quantitative estimate of drug-likeness (QED) is 0.149. The van der Waals surface area contributed by atoms with Crippen LogP contribution in [0.15, 0.2) is 176 Å². The van der Waals surface area contributed by atoms with E-state index in [0.29, 0.717) is 36.4 Å². The third kappa shape index (κ3) is 12.8. The second-order valence-electron chi connectivity index (χ2n) is 23.0. The van der Waals surface area contributed by atoms with Gasteiger partial charge in [0, 0.05) is 32.7 Å². The molecule has 102 heavy (non-hydrogen) atoms. The van der Waals surface area contributed by atoms with E-state index in [1.807, 2.05) is 0 Å². The van der Waals surface area contributed by atoms with Crippen LogP contribution in [0, 0.1) is 22.7 Å². The molecule has 0 aliphatic rings. The minimum absolute atomic E-state index is 0.216. The van der Waals surface area contributed by atoms with Crippen molar-refractivity contribution in [2.75, 3.05) is 0 Å². The minimum atomic E-state index is -5.63. The second kappa shape index (κ2) is 23.8. The van der Waals surface area contributed by atoms with E-state index in [2.05, 4.69) is 0 Å². The van der Waals surface area contributed by atoms with Crippen molar-refractivity contribution < 1.29 is 119 Å². The maximum Gasteiger partial charge on any atom is 0.417 e. The SMILES string of the molecule is N#Cc1cc(-n2c3cc(-c4ccc(C(F)(F)F)cc4C(F)(F)F)ccc3c3ccc(-c4ccc(C(F)(F)F)cc4C(F)(F)F)cc32)c(-c2ccc(C(F)(F)F)cc2C#N)c(-n2c3cc(-c4ccc(C(F)(F)F)cc4C(F)(F)F)ccc3c3ccc(-c4ccc(C(F)(F)F)cc4C(F)(F)F)cc32)c1. The van der Waals surface area contributed by atoms with Gasteiger partial charge in [0.25, 0.3) is 0 Å². The summed E-state index contributed by atoms with van der Waals surface area (Å²) in [6, 6.07) is 18.9. The normalized spacial score (nSPS) is 13.2. The number of aromatic nitrogens is 2. The van der Waals surface area contributed by atoms with Crippen LogP contribution in [0.4, 0.5) is 119 Å². The first-order valence-corrected chi connectivity index (χ1v) is 28.7. The Kier molecular flexibility index (Phi) is 16.5. The van der Waals surface area contributed by atoms with Crippen molar-refractivity contribution in [2.24, 2.45) is 0 Å². The first-order chi connectivity index (χ1) is 47.2. The molecule has 0 N–H and O–H groups in total. The molecular weight excluding hydrogens is 1420 g/mol. The summed E-state index contributed by atoms with van der Waals surface area (Å²) in [4.78, 5) is 0. The molecular formula is C71H29F27N4. The van der Waals surface area contributed by atoms with Gasteiger partial charge in [0.2, 0.25) is 0 Å². The van der Waals surface area contributed by atoms with E-state index in [1.54, 1.807) is 12.1 Å². The van der Waals surface area contributed by atoms with E-state index in [4.69, 9.17) is 0 Å². The summed E-state index contributed by atoms with van der Waals surface area (Å²) in [5.74, 6) is 0. The number of nitrogens with zero attached hydrogens (tertiary/aromatic N) is 4. The molecule has 0 atom stereocenters. The molecule has 0 aliphatic heterocycles. The van der Waals surface area contributed by atoms with E-state index >= 15 is 52.7 Å². The lowest BCUT2D eigenvalue weighted by Gasteiger charge is -2.23. The third-order valence-corrected chi connectivity index (χ3v) is 16.8. The average Bonchev–Trinajstić information content (AvgIpc) is 1.53. The van der Waals surface area contributed by atoms with Crippen LogP contribution in [-0.2, 0) is 55.6 Å². The van der Waals surface area contributed by atoms with Crippen LogP contribution < -0.4 is 0 Å². The fraction of sp³-hybridized carbons (Fsp3) is 0.127. The molecule has 4 nitrogen and oxygen atoms in total. The molecule has 12 aromatic rings. The Morgan fingerprint density at radius 1 is 0.235 bits per heavy atom. The van der Waals surface area contributed by atoms with Crippen LogP contribution in [0.25, 0.3) is 111 Å². The Morgan fingerprint density at radius 2 is 0.471 bits per heavy atom. The van der Waals surface area contributed by atoms with Crippen LogP contribution in [0.2, 0.25) is 0 Å². The molecule has 522 valence electrons. The highest BCUT2D eigenvalue weighted by Crippen LogP contribution is 2.52. The zero-order valence-electron chi connectivity index (χ0n) is 49.7. The van der Waals surface area contributed by atoms with Crippen LogP contribution in [0.3, 0.4) is 0 Å². The van der Waals surface area contributed by atoms with Gasteiger partial charge >= 0.3 is 55.6 Å². The smallest absolute Gasteiger partial charge is 0.308 e. The van der Waals surface area contributed by atoms with E-state index < -0.39 is 206 Å². The zero-order valence-corrected chi connectivity index (χ0v) is 49.7. The van der Waals surface area contributed by atoms with Crippen LogP contribution in [0.5, 0.6) is 0 Å². The number of rotatable bonds is 7. The third-order valence-electron chi connectivity index (χ3n) is 16.8. The Bertz CT molecular complexity index is 4970. The number of halogens is 27. The minimum Gasteiger partial charge on any atom is -0.308 e. The molecule has 0 bridgehead atoms. The summed E-state index contributed by atoms with van der Waals surface area (Å²) < 4.78 is 397. The lowest BCUT2D eigenvalue weighted by atomic mass is 9.93. The van der Waals surface area contributed by atoms with E-state index in [9.17, 15) is 76.4 Å². The highest BCUT2D eigenvalue weighted by molar-refractivity contribution is 6.14. The number of fused-ring (bicyclic) bond motifs is 6. The van der Waals surface area contributed by atoms with E-state index in [-0.39, 0.29) is 76.1 Å². The lowest BCUT2D eigenvalue weighted by Crippen LogP contribution is -2.12. The van der Waals surface area contributed by atoms with Gasteiger partial charge in [-0.2, -0.15) is 129 Å². The van der Waals surface area contributed by atoms with Crippen molar-refractivity contribution in [1.29, 1.82) is 10.5 Å². The Labute approximate surface area is 552 Å². The first kappa shape index (κ1) is 70.7. The number of benzene rings is 10. The standard InChI is InChI=1S/C71H29F27N4/c72-63(73,74)38-9-18-47(37(21-38)31-100)62-60(101-56-22-33(43-14-5-39(64(75,76)77)26-52(43)68(87,88)89)1-10-48(56)49-11-2-34(23-57(49)101)44-15-6-40(65(78,79)80)27-53(44)69(90,91)92)19-32(30-99)20-61(62)102-58-24-35(45-16-7-41(66(81,82)83)28-54(45)70(93,94)95)3-12-50(58)51-13-4-36(25-59(51)102)46-17-8-42(67(84,85)86)29-55(46)71(96,97)98/h1-29H. The van der Waals surface area contributed by atoms with Crippen molar-refractivity contribution >= 4 is 43.6 Å². The maximum absolute atomic E-state index is 15.1. The molecule has 0 amide bonds. The summed E-state index contributed by atoms with van der Waals surface area (Å²) in [6.07, 6.45) is -49.5. The molecule has 10 aromatic carbocycles. The van der Waals surface area contributed by atoms with E-state index in [1.165, 1.54) is 0 Å². The largest absolute Gasteiger partial charge is 0.417 e.